The standard InChI is InChI=1S/C12H25NS/c1-10-4-6-12(7-5-10)13(3)8-11(2)9-14/h10-12,14H,4-9H2,1-3H3. The molecule has 1 fully saturated rings. The molecule has 0 aliphatic heterocycles. The van der Waals surface area contributed by atoms with E-state index in [4.69, 9.17) is 0 Å². The summed E-state index contributed by atoms with van der Waals surface area (Å²) < 4.78 is 0. The van der Waals surface area contributed by atoms with Crippen LogP contribution in [-0.4, -0.2) is 30.3 Å². The van der Waals surface area contributed by atoms with Gasteiger partial charge in [-0.1, -0.05) is 13.8 Å². The van der Waals surface area contributed by atoms with Gasteiger partial charge in [0.2, 0.25) is 0 Å². The number of hydrogen-bond donors (Lipinski definition) is 1. The zero-order chi connectivity index (χ0) is 10.6. The Morgan fingerprint density at radius 2 is 1.86 bits per heavy atom. The zero-order valence-electron chi connectivity index (χ0n) is 9.87. The van der Waals surface area contributed by atoms with Gasteiger partial charge in [0.25, 0.3) is 0 Å². The van der Waals surface area contributed by atoms with Gasteiger partial charge in [0, 0.05) is 12.6 Å². The molecular formula is C12H25NS. The van der Waals surface area contributed by atoms with Crippen molar-refractivity contribution >= 4 is 12.6 Å². The Bertz CT molecular complexity index is 152. The summed E-state index contributed by atoms with van der Waals surface area (Å²) in [6, 6.07) is 0.841. The Labute approximate surface area is 94.7 Å². The smallest absolute Gasteiger partial charge is 0.00925 e. The maximum absolute atomic E-state index is 4.34. The molecule has 1 atom stereocenters. The highest BCUT2D eigenvalue weighted by Crippen LogP contribution is 2.26. The Balaban J connectivity index is 2.26. The second kappa shape index (κ2) is 6.02. The third kappa shape index (κ3) is 3.82. The topological polar surface area (TPSA) is 3.24 Å². The van der Waals surface area contributed by atoms with Crippen molar-refractivity contribution in [3.8, 4) is 0 Å². The second-order valence-electron chi connectivity index (χ2n) is 5.14. The molecule has 1 unspecified atom stereocenters. The normalized spacial score (nSPS) is 30.6. The van der Waals surface area contributed by atoms with Gasteiger partial charge in [-0.25, -0.2) is 0 Å². The van der Waals surface area contributed by atoms with Crippen molar-refractivity contribution < 1.29 is 0 Å². The van der Waals surface area contributed by atoms with Crippen LogP contribution in [-0.2, 0) is 0 Å². The first-order chi connectivity index (χ1) is 6.63. The predicted octanol–water partition coefficient (Wildman–Crippen LogP) is 3.06. The third-order valence-corrected chi connectivity index (χ3v) is 4.14. The Morgan fingerprint density at radius 1 is 1.29 bits per heavy atom. The molecule has 0 aromatic carbocycles. The molecule has 0 bridgehead atoms. The summed E-state index contributed by atoms with van der Waals surface area (Å²) in [6.07, 6.45) is 5.64. The molecule has 1 nitrogen and oxygen atoms in total. The molecule has 0 saturated heterocycles. The van der Waals surface area contributed by atoms with E-state index in [-0.39, 0.29) is 0 Å². The fraction of sp³-hybridized carbons (Fsp3) is 1.00. The molecule has 14 heavy (non-hydrogen) atoms. The minimum Gasteiger partial charge on any atom is -0.303 e. The van der Waals surface area contributed by atoms with E-state index in [0.717, 1.165) is 23.6 Å². The van der Waals surface area contributed by atoms with Crippen molar-refractivity contribution in [3.05, 3.63) is 0 Å². The van der Waals surface area contributed by atoms with E-state index in [1.807, 2.05) is 0 Å². The van der Waals surface area contributed by atoms with Crippen molar-refractivity contribution in [1.29, 1.82) is 0 Å². The minimum atomic E-state index is 0.725. The lowest BCUT2D eigenvalue weighted by Crippen LogP contribution is -2.37. The van der Waals surface area contributed by atoms with E-state index < -0.39 is 0 Å². The third-order valence-electron chi connectivity index (χ3n) is 3.52. The first kappa shape index (κ1) is 12.4. The van der Waals surface area contributed by atoms with Crippen LogP contribution in [0, 0.1) is 11.8 Å². The van der Waals surface area contributed by atoms with Gasteiger partial charge in [0.1, 0.15) is 0 Å². The summed E-state index contributed by atoms with van der Waals surface area (Å²) in [5.74, 6) is 2.69. The van der Waals surface area contributed by atoms with Crippen LogP contribution in [0.25, 0.3) is 0 Å². The van der Waals surface area contributed by atoms with Gasteiger partial charge in [-0.05, 0) is 50.3 Å². The molecule has 0 spiro atoms. The Morgan fingerprint density at radius 3 is 2.36 bits per heavy atom. The average Bonchev–Trinajstić information content (AvgIpc) is 2.18. The molecule has 2 heteroatoms. The van der Waals surface area contributed by atoms with E-state index in [1.54, 1.807) is 0 Å². The van der Waals surface area contributed by atoms with Crippen LogP contribution < -0.4 is 0 Å². The van der Waals surface area contributed by atoms with Crippen LogP contribution in [0.3, 0.4) is 0 Å². The first-order valence-corrected chi connectivity index (χ1v) is 6.57. The van der Waals surface area contributed by atoms with E-state index in [2.05, 4.69) is 38.4 Å². The number of hydrogen-bond acceptors (Lipinski definition) is 2. The summed E-state index contributed by atoms with van der Waals surface area (Å²) >= 11 is 4.34. The first-order valence-electron chi connectivity index (χ1n) is 5.94. The monoisotopic (exact) mass is 215 g/mol. The molecule has 0 aromatic rings. The SMILES string of the molecule is CC1CCC(N(C)CC(C)CS)CC1. The Kier molecular flexibility index (Phi) is 5.32. The average molecular weight is 215 g/mol. The number of rotatable bonds is 4. The summed E-state index contributed by atoms with van der Waals surface area (Å²) in [4.78, 5) is 2.55. The van der Waals surface area contributed by atoms with Gasteiger partial charge >= 0.3 is 0 Å². The van der Waals surface area contributed by atoms with E-state index in [0.29, 0.717) is 0 Å². The van der Waals surface area contributed by atoms with Crippen LogP contribution in [0.15, 0.2) is 0 Å². The van der Waals surface area contributed by atoms with Crippen molar-refractivity contribution in [2.75, 3.05) is 19.3 Å². The van der Waals surface area contributed by atoms with Gasteiger partial charge in [-0.15, -0.1) is 0 Å². The van der Waals surface area contributed by atoms with E-state index in [1.165, 1.54) is 32.2 Å². The van der Waals surface area contributed by atoms with Crippen molar-refractivity contribution in [2.24, 2.45) is 11.8 Å². The molecule has 1 saturated carbocycles. The van der Waals surface area contributed by atoms with Crippen LogP contribution in [0.4, 0.5) is 0 Å². The van der Waals surface area contributed by atoms with Gasteiger partial charge in [-0.2, -0.15) is 12.6 Å². The molecule has 0 radical (unpaired) electrons. The lowest BCUT2D eigenvalue weighted by atomic mass is 9.86. The maximum Gasteiger partial charge on any atom is 0.00925 e. The summed E-state index contributed by atoms with van der Waals surface area (Å²) in [5.41, 5.74) is 0. The molecule has 1 aliphatic carbocycles. The molecule has 0 heterocycles. The summed E-state index contributed by atoms with van der Waals surface area (Å²) in [7, 11) is 2.28. The Hall–Kier alpha value is 0.310. The van der Waals surface area contributed by atoms with Crippen molar-refractivity contribution in [1.82, 2.24) is 4.90 Å². The number of nitrogens with zero attached hydrogens (tertiary/aromatic N) is 1. The summed E-state index contributed by atoms with van der Waals surface area (Å²) in [6.45, 7) is 5.88. The highest BCUT2D eigenvalue weighted by atomic mass is 32.1. The molecular weight excluding hydrogens is 190 g/mol. The van der Waals surface area contributed by atoms with Gasteiger partial charge < -0.3 is 4.90 Å². The van der Waals surface area contributed by atoms with Crippen LogP contribution >= 0.6 is 12.6 Å². The van der Waals surface area contributed by atoms with Gasteiger partial charge in [-0.3, -0.25) is 0 Å². The zero-order valence-corrected chi connectivity index (χ0v) is 10.8. The second-order valence-corrected chi connectivity index (χ2v) is 5.51. The highest BCUT2D eigenvalue weighted by molar-refractivity contribution is 7.80. The van der Waals surface area contributed by atoms with Gasteiger partial charge in [0.15, 0.2) is 0 Å². The van der Waals surface area contributed by atoms with Crippen molar-refractivity contribution in [2.45, 2.75) is 45.6 Å². The van der Waals surface area contributed by atoms with Crippen LogP contribution in [0.2, 0.25) is 0 Å². The maximum atomic E-state index is 4.34. The van der Waals surface area contributed by atoms with Gasteiger partial charge in [0.05, 0.1) is 0 Å². The van der Waals surface area contributed by atoms with E-state index in [9.17, 15) is 0 Å². The molecule has 0 aromatic heterocycles. The highest BCUT2D eigenvalue weighted by Gasteiger charge is 2.22. The lowest BCUT2D eigenvalue weighted by Gasteiger charge is -2.34. The fourth-order valence-electron chi connectivity index (χ4n) is 2.38. The molecule has 0 amide bonds. The van der Waals surface area contributed by atoms with Crippen LogP contribution in [0.1, 0.15) is 39.5 Å². The molecule has 1 rings (SSSR count). The summed E-state index contributed by atoms with van der Waals surface area (Å²) in [5, 5.41) is 0. The van der Waals surface area contributed by atoms with E-state index >= 15 is 0 Å². The number of thiol groups is 1. The lowest BCUT2D eigenvalue weighted by molar-refractivity contribution is 0.157. The van der Waals surface area contributed by atoms with Crippen LogP contribution in [0.5, 0.6) is 0 Å². The largest absolute Gasteiger partial charge is 0.303 e. The molecule has 84 valence electrons. The fourth-order valence-corrected chi connectivity index (χ4v) is 2.50. The predicted molar refractivity (Wildman–Crippen MR) is 67.1 cm³/mol. The minimum absolute atomic E-state index is 0.725. The molecule has 0 N–H and O–H groups in total. The van der Waals surface area contributed by atoms with Crippen molar-refractivity contribution in [3.63, 3.8) is 0 Å². The quantitative estimate of drug-likeness (QED) is 0.705. The molecule has 1 aliphatic rings.